The number of thioether (sulfide) groups is 1. The zero-order valence-corrected chi connectivity index (χ0v) is 16.7. The first-order chi connectivity index (χ1) is 12.9. The van der Waals surface area contributed by atoms with Gasteiger partial charge in [0.05, 0.1) is 11.8 Å². The second-order valence-electron chi connectivity index (χ2n) is 5.82. The molecule has 0 saturated carbocycles. The van der Waals surface area contributed by atoms with E-state index in [1.54, 1.807) is 18.2 Å². The second-order valence-corrected chi connectivity index (χ2v) is 7.63. The molecule has 1 amide bonds. The minimum atomic E-state index is -0.155. The normalized spacial score (nSPS) is 12.0. The van der Waals surface area contributed by atoms with Crippen molar-refractivity contribution in [3.05, 3.63) is 64.1 Å². The van der Waals surface area contributed by atoms with Gasteiger partial charge in [-0.1, -0.05) is 47.1 Å². The van der Waals surface area contributed by atoms with Crippen LogP contribution in [0.3, 0.4) is 0 Å². The van der Waals surface area contributed by atoms with E-state index in [1.165, 1.54) is 16.4 Å². The van der Waals surface area contributed by atoms with Crippen molar-refractivity contribution in [2.75, 3.05) is 11.6 Å². The summed E-state index contributed by atoms with van der Waals surface area (Å²) in [7, 11) is 0. The van der Waals surface area contributed by atoms with Crippen LogP contribution < -0.4 is 11.2 Å². The van der Waals surface area contributed by atoms with Crippen LogP contribution in [0.1, 0.15) is 18.5 Å². The Balaban J connectivity index is 1.60. The minimum absolute atomic E-state index is 0.136. The highest BCUT2D eigenvalue weighted by Crippen LogP contribution is 2.23. The van der Waals surface area contributed by atoms with Gasteiger partial charge in [0, 0.05) is 15.6 Å². The molecule has 0 radical (unpaired) electrons. The van der Waals surface area contributed by atoms with Crippen molar-refractivity contribution in [1.29, 1.82) is 0 Å². The van der Waals surface area contributed by atoms with E-state index in [2.05, 4.69) is 15.5 Å². The number of hydrogen-bond acceptors (Lipinski definition) is 5. The van der Waals surface area contributed by atoms with Gasteiger partial charge in [-0.15, -0.1) is 10.2 Å². The number of amides is 1. The van der Waals surface area contributed by atoms with Gasteiger partial charge in [0.1, 0.15) is 0 Å². The third-order valence-corrected chi connectivity index (χ3v) is 5.26. The number of carbonyl (C=O) groups is 1. The summed E-state index contributed by atoms with van der Waals surface area (Å²) in [4.78, 5) is 12.2. The van der Waals surface area contributed by atoms with Gasteiger partial charge < -0.3 is 11.2 Å². The van der Waals surface area contributed by atoms with Gasteiger partial charge in [0.2, 0.25) is 11.1 Å². The Kier molecular flexibility index (Phi) is 6.26. The largest absolute Gasteiger partial charge is 0.349 e. The number of hydrogen-bond donors (Lipinski definition) is 2. The molecule has 0 aliphatic carbocycles. The molecule has 9 heteroatoms. The number of nitrogens with one attached hydrogen (secondary N) is 1. The molecule has 1 aromatic heterocycles. The van der Waals surface area contributed by atoms with E-state index >= 15 is 0 Å². The van der Waals surface area contributed by atoms with Crippen LogP contribution in [0.2, 0.25) is 10.0 Å². The van der Waals surface area contributed by atoms with E-state index in [4.69, 9.17) is 29.0 Å². The SMILES string of the molecule is C[C@H](NC(=O)CSc1nnc(-c2ccc(Cl)cc2)n1N)c1cccc(Cl)c1. The van der Waals surface area contributed by atoms with Crippen LogP contribution in [-0.4, -0.2) is 26.5 Å². The fourth-order valence-corrected chi connectivity index (χ4v) is 3.44. The van der Waals surface area contributed by atoms with Crippen LogP contribution in [0.5, 0.6) is 0 Å². The molecule has 0 aliphatic heterocycles. The van der Waals surface area contributed by atoms with Crippen LogP contribution in [-0.2, 0) is 4.79 Å². The highest BCUT2D eigenvalue weighted by atomic mass is 35.5. The van der Waals surface area contributed by atoms with Crippen molar-refractivity contribution >= 4 is 40.9 Å². The van der Waals surface area contributed by atoms with E-state index < -0.39 is 0 Å². The molecule has 3 N–H and O–H groups in total. The summed E-state index contributed by atoms with van der Waals surface area (Å²) in [5.74, 6) is 6.59. The van der Waals surface area contributed by atoms with Gasteiger partial charge in [-0.05, 0) is 48.9 Å². The van der Waals surface area contributed by atoms with Crippen LogP contribution in [0.4, 0.5) is 0 Å². The number of halogens is 2. The maximum Gasteiger partial charge on any atom is 0.230 e. The standard InChI is InChI=1S/C18H17Cl2N5OS/c1-11(13-3-2-4-15(20)9-13)22-16(26)10-27-18-24-23-17(25(18)21)12-5-7-14(19)8-6-12/h2-9,11H,10,21H2,1H3,(H,22,26)/t11-/m0/s1. The van der Waals surface area contributed by atoms with Gasteiger partial charge >= 0.3 is 0 Å². The van der Waals surface area contributed by atoms with Crippen molar-refractivity contribution in [3.8, 4) is 11.4 Å². The molecule has 0 fully saturated rings. The molecule has 27 heavy (non-hydrogen) atoms. The van der Waals surface area contributed by atoms with E-state index in [0.29, 0.717) is 21.0 Å². The van der Waals surface area contributed by atoms with E-state index in [0.717, 1.165) is 11.1 Å². The zero-order chi connectivity index (χ0) is 19.4. The van der Waals surface area contributed by atoms with Crippen molar-refractivity contribution in [2.24, 2.45) is 0 Å². The lowest BCUT2D eigenvalue weighted by molar-refractivity contribution is -0.119. The fourth-order valence-electron chi connectivity index (χ4n) is 2.44. The monoisotopic (exact) mass is 421 g/mol. The summed E-state index contributed by atoms with van der Waals surface area (Å²) in [6.07, 6.45) is 0. The third kappa shape index (κ3) is 4.94. The molecule has 6 nitrogen and oxygen atoms in total. The first-order valence-electron chi connectivity index (χ1n) is 8.08. The molecule has 0 bridgehead atoms. The molecule has 0 saturated heterocycles. The maximum absolute atomic E-state index is 12.2. The van der Waals surface area contributed by atoms with Crippen LogP contribution in [0.25, 0.3) is 11.4 Å². The molecule has 3 aromatic rings. The summed E-state index contributed by atoms with van der Waals surface area (Å²) >= 11 is 13.1. The predicted molar refractivity (Wildman–Crippen MR) is 109 cm³/mol. The fraction of sp³-hybridized carbons (Fsp3) is 0.167. The minimum Gasteiger partial charge on any atom is -0.349 e. The maximum atomic E-state index is 12.2. The number of nitrogens with zero attached hydrogens (tertiary/aromatic N) is 3. The van der Waals surface area contributed by atoms with Gasteiger partial charge in [-0.3, -0.25) is 4.79 Å². The summed E-state index contributed by atoms with van der Waals surface area (Å²) in [6.45, 7) is 1.90. The van der Waals surface area contributed by atoms with Gasteiger partial charge in [-0.2, -0.15) is 0 Å². The Hall–Kier alpha value is -2.22. The van der Waals surface area contributed by atoms with E-state index in [9.17, 15) is 4.79 Å². The number of nitrogen functional groups attached to an aromatic ring is 1. The molecule has 1 atom stereocenters. The summed E-state index contributed by atoms with van der Waals surface area (Å²) in [5, 5.41) is 12.8. The van der Waals surface area contributed by atoms with Crippen molar-refractivity contribution in [3.63, 3.8) is 0 Å². The van der Waals surface area contributed by atoms with E-state index in [-0.39, 0.29) is 17.7 Å². The topological polar surface area (TPSA) is 85.8 Å². The van der Waals surface area contributed by atoms with Gasteiger partial charge in [0.15, 0.2) is 5.82 Å². The Labute approximate surface area is 171 Å². The first-order valence-corrected chi connectivity index (χ1v) is 9.82. The molecule has 0 aliphatic rings. The molecule has 140 valence electrons. The second kappa shape index (κ2) is 8.65. The van der Waals surface area contributed by atoms with Gasteiger partial charge in [0.25, 0.3) is 0 Å². The third-order valence-electron chi connectivity index (χ3n) is 3.83. The highest BCUT2D eigenvalue weighted by molar-refractivity contribution is 7.99. The number of benzene rings is 2. The number of rotatable bonds is 6. The Morgan fingerprint density at radius 2 is 1.93 bits per heavy atom. The lowest BCUT2D eigenvalue weighted by Crippen LogP contribution is -2.28. The van der Waals surface area contributed by atoms with Crippen LogP contribution >= 0.6 is 35.0 Å². The van der Waals surface area contributed by atoms with E-state index in [1.807, 2.05) is 37.3 Å². The smallest absolute Gasteiger partial charge is 0.230 e. The molecule has 1 heterocycles. The number of nitrogens with two attached hydrogens (primary N) is 1. The summed E-state index contributed by atoms with van der Waals surface area (Å²) in [6, 6.07) is 14.4. The lowest BCUT2D eigenvalue weighted by Gasteiger charge is -2.14. The first kappa shape index (κ1) is 19.5. The summed E-state index contributed by atoms with van der Waals surface area (Å²) in [5.41, 5.74) is 1.73. The molecule has 3 rings (SSSR count). The van der Waals surface area contributed by atoms with Crippen LogP contribution in [0, 0.1) is 0 Å². The lowest BCUT2D eigenvalue weighted by atomic mass is 10.1. The molecular formula is C18H17Cl2N5OS. The average Bonchev–Trinajstić information content (AvgIpc) is 3.01. The molecule has 2 aromatic carbocycles. The average molecular weight is 422 g/mol. The number of carbonyl (C=O) groups excluding carboxylic acids is 1. The zero-order valence-electron chi connectivity index (χ0n) is 14.4. The highest BCUT2D eigenvalue weighted by Gasteiger charge is 2.15. The Morgan fingerprint density at radius 3 is 2.63 bits per heavy atom. The van der Waals surface area contributed by atoms with Crippen molar-refractivity contribution in [2.45, 2.75) is 18.1 Å². The summed E-state index contributed by atoms with van der Waals surface area (Å²) < 4.78 is 1.36. The molecule has 0 unspecified atom stereocenters. The van der Waals surface area contributed by atoms with Crippen molar-refractivity contribution in [1.82, 2.24) is 20.2 Å². The predicted octanol–water partition coefficient (Wildman–Crippen LogP) is 3.94. The molecule has 0 spiro atoms. The number of aromatic nitrogens is 3. The van der Waals surface area contributed by atoms with Gasteiger partial charge in [-0.25, -0.2) is 4.68 Å². The Bertz CT molecular complexity index is 945. The quantitative estimate of drug-likeness (QED) is 0.464. The van der Waals surface area contributed by atoms with Crippen LogP contribution in [0.15, 0.2) is 53.7 Å². The molecular weight excluding hydrogens is 405 g/mol. The van der Waals surface area contributed by atoms with Crippen molar-refractivity contribution < 1.29 is 4.79 Å². The Morgan fingerprint density at radius 1 is 1.19 bits per heavy atom.